The summed E-state index contributed by atoms with van der Waals surface area (Å²) in [6.07, 6.45) is -2.05. The lowest BCUT2D eigenvalue weighted by molar-refractivity contribution is 0.104. The highest BCUT2D eigenvalue weighted by Gasteiger charge is 2.31. The van der Waals surface area contributed by atoms with Crippen LogP contribution >= 0.6 is 0 Å². The Hall–Kier alpha value is -5.05. The Morgan fingerprint density at radius 3 is 1.40 bits per heavy atom. The lowest BCUT2D eigenvalue weighted by atomic mass is 9.71. The second-order valence-corrected chi connectivity index (χ2v) is 9.13. The van der Waals surface area contributed by atoms with E-state index in [0.29, 0.717) is 16.7 Å². The van der Waals surface area contributed by atoms with E-state index in [4.69, 9.17) is 0 Å². The number of halogens is 6. The number of ether oxygens (including phenoxy) is 2. The number of allylic oxidation sites excluding steroid dienone is 1. The zero-order chi connectivity index (χ0) is 30.3. The molecule has 0 heterocycles. The highest BCUT2D eigenvalue weighted by atomic mass is 19.3. The van der Waals surface area contributed by atoms with Crippen LogP contribution in [0.1, 0.15) is 39.5 Å². The van der Waals surface area contributed by atoms with E-state index in [9.17, 15) is 31.1 Å². The lowest BCUT2D eigenvalue weighted by Crippen LogP contribution is -2.25. The molecule has 0 aliphatic rings. The van der Waals surface area contributed by atoms with Gasteiger partial charge in [-0.1, -0.05) is 84.9 Å². The van der Waals surface area contributed by atoms with Crippen LogP contribution in [-0.4, -0.2) is 5.78 Å². The summed E-state index contributed by atoms with van der Waals surface area (Å²) in [5.41, 5.74) is 2.38. The summed E-state index contributed by atoms with van der Waals surface area (Å²) in [7, 11) is 0. The first kappa shape index (κ1) is 29.9. The molecule has 0 atom stereocenters. The maximum Gasteiger partial charge on any atom is 0.344 e. The molecule has 0 saturated heterocycles. The van der Waals surface area contributed by atoms with Gasteiger partial charge in [0.15, 0.2) is 5.78 Å². The Bertz CT molecular complexity index is 1550. The van der Waals surface area contributed by atoms with Crippen LogP contribution in [0.15, 0.2) is 133 Å². The van der Waals surface area contributed by atoms with Crippen LogP contribution in [0.4, 0.5) is 26.3 Å². The van der Waals surface area contributed by atoms with Crippen molar-refractivity contribution in [2.24, 2.45) is 0 Å². The molecule has 4 rings (SSSR count). The number of carbonyl (C=O) groups is 1. The van der Waals surface area contributed by atoms with Gasteiger partial charge in [-0.3, -0.25) is 4.79 Å². The van der Waals surface area contributed by atoms with Gasteiger partial charge >= 0.3 is 24.2 Å². The van der Waals surface area contributed by atoms with Gasteiger partial charge < -0.3 is 9.47 Å². The summed E-state index contributed by atoms with van der Waals surface area (Å²) >= 11 is 0. The van der Waals surface area contributed by atoms with Crippen molar-refractivity contribution in [2.45, 2.75) is 12.3 Å². The third-order valence-electron chi connectivity index (χ3n) is 6.55. The van der Waals surface area contributed by atoms with Crippen LogP contribution in [0.3, 0.4) is 0 Å². The standard InChI is InChI=1S/C33H22F6O3/c1-33(24-12-16-26(17-13-24)41-31(38)29(34)35,25-14-18-27(19-15-25)42-32(39)30(36)37)23-10-7-21(8-11-23)9-20-28(40)22-5-3-2-4-6-22/h2-20H,1H3. The molecule has 0 bridgehead atoms. The van der Waals surface area contributed by atoms with Crippen LogP contribution in [-0.2, 0) is 5.41 Å². The monoisotopic (exact) mass is 580 g/mol. The molecule has 0 aliphatic heterocycles. The van der Waals surface area contributed by atoms with Crippen molar-refractivity contribution in [3.8, 4) is 11.5 Å². The molecule has 0 unspecified atom stereocenters. The van der Waals surface area contributed by atoms with Crippen LogP contribution in [0, 0.1) is 0 Å². The quantitative estimate of drug-likeness (QED) is 0.0616. The van der Waals surface area contributed by atoms with E-state index in [2.05, 4.69) is 9.47 Å². The van der Waals surface area contributed by atoms with Gasteiger partial charge in [0.25, 0.3) is 0 Å². The van der Waals surface area contributed by atoms with Gasteiger partial charge in [-0.2, -0.15) is 26.3 Å². The fourth-order valence-electron chi connectivity index (χ4n) is 4.29. The molecule has 0 aliphatic carbocycles. The van der Waals surface area contributed by atoms with Gasteiger partial charge in [-0.25, -0.2) is 0 Å². The summed E-state index contributed by atoms with van der Waals surface area (Å²) in [4.78, 5) is 12.4. The highest BCUT2D eigenvalue weighted by molar-refractivity contribution is 6.06. The van der Waals surface area contributed by atoms with Crippen molar-refractivity contribution in [1.82, 2.24) is 0 Å². The van der Waals surface area contributed by atoms with E-state index >= 15 is 0 Å². The highest BCUT2D eigenvalue weighted by Crippen LogP contribution is 2.40. The summed E-state index contributed by atoms with van der Waals surface area (Å²) < 4.78 is 85.6. The smallest absolute Gasteiger partial charge is 0.344 e. The molecule has 9 heteroatoms. The zero-order valence-electron chi connectivity index (χ0n) is 22.0. The van der Waals surface area contributed by atoms with Gasteiger partial charge in [-0.05, 0) is 59.5 Å². The minimum absolute atomic E-state index is 0.158. The number of rotatable bonds is 10. The average molecular weight is 581 g/mol. The van der Waals surface area contributed by atoms with E-state index in [1.165, 1.54) is 30.3 Å². The van der Waals surface area contributed by atoms with Crippen LogP contribution in [0.2, 0.25) is 0 Å². The first-order valence-corrected chi connectivity index (χ1v) is 12.4. The lowest BCUT2D eigenvalue weighted by Gasteiger charge is -2.32. The predicted molar refractivity (Wildman–Crippen MR) is 147 cm³/mol. The van der Waals surface area contributed by atoms with Gasteiger partial charge in [0.05, 0.1) is 0 Å². The molecule has 4 aromatic carbocycles. The number of ketones is 1. The molecular formula is C33H22F6O3. The molecule has 4 aromatic rings. The third-order valence-corrected chi connectivity index (χ3v) is 6.55. The first-order chi connectivity index (χ1) is 20.1. The normalized spacial score (nSPS) is 11.2. The SMILES string of the molecule is CC(c1ccc(C=CC(=O)c2ccccc2)cc1)(c1ccc(OC(F)=C(F)F)cc1)c1ccc(OC(F)=C(F)F)cc1. The van der Waals surface area contributed by atoms with Crippen molar-refractivity contribution in [3.63, 3.8) is 0 Å². The molecule has 42 heavy (non-hydrogen) atoms. The van der Waals surface area contributed by atoms with E-state index in [0.717, 1.165) is 11.1 Å². The number of hydrogen-bond donors (Lipinski definition) is 0. The fraction of sp³-hybridized carbons (Fsp3) is 0.0606. The Kier molecular flexibility index (Phi) is 9.32. The molecule has 0 radical (unpaired) electrons. The Balaban J connectivity index is 1.69. The summed E-state index contributed by atoms with van der Waals surface area (Å²) in [5.74, 6) is -0.476. The molecule has 0 aromatic heterocycles. The van der Waals surface area contributed by atoms with Crippen LogP contribution < -0.4 is 9.47 Å². The topological polar surface area (TPSA) is 35.5 Å². The van der Waals surface area contributed by atoms with Crippen LogP contribution in [0.25, 0.3) is 6.08 Å². The van der Waals surface area contributed by atoms with Gasteiger partial charge in [-0.15, -0.1) is 0 Å². The van der Waals surface area contributed by atoms with Crippen molar-refractivity contribution >= 4 is 11.9 Å². The maximum absolute atomic E-state index is 13.3. The van der Waals surface area contributed by atoms with E-state index in [-0.39, 0.29) is 17.3 Å². The Labute approximate surface area is 237 Å². The Morgan fingerprint density at radius 1 is 0.595 bits per heavy atom. The second kappa shape index (κ2) is 13.1. The molecule has 0 spiro atoms. The summed E-state index contributed by atoms with van der Waals surface area (Å²) in [6.45, 7) is 1.85. The molecule has 0 saturated carbocycles. The predicted octanol–water partition coefficient (Wildman–Crippen LogP) is 9.76. The molecule has 0 amide bonds. The number of benzene rings is 4. The molecule has 0 fully saturated rings. The third kappa shape index (κ3) is 6.98. The summed E-state index contributed by atoms with van der Waals surface area (Å²) in [6, 6.07) is 23.6. The summed E-state index contributed by atoms with van der Waals surface area (Å²) in [5, 5.41) is 0. The average Bonchev–Trinajstić information content (AvgIpc) is 3.00. The minimum Gasteiger partial charge on any atom is -0.428 e. The van der Waals surface area contributed by atoms with E-state index in [1.54, 1.807) is 66.7 Å². The van der Waals surface area contributed by atoms with Crippen molar-refractivity contribution in [1.29, 1.82) is 0 Å². The molecule has 3 nitrogen and oxygen atoms in total. The van der Waals surface area contributed by atoms with Gasteiger partial charge in [0.1, 0.15) is 11.5 Å². The molecule has 214 valence electrons. The van der Waals surface area contributed by atoms with E-state index < -0.39 is 29.6 Å². The van der Waals surface area contributed by atoms with Crippen molar-refractivity contribution in [2.75, 3.05) is 0 Å². The fourth-order valence-corrected chi connectivity index (χ4v) is 4.29. The largest absolute Gasteiger partial charge is 0.428 e. The van der Waals surface area contributed by atoms with Gasteiger partial charge in [0.2, 0.25) is 0 Å². The van der Waals surface area contributed by atoms with Crippen molar-refractivity contribution < 1.29 is 40.6 Å². The maximum atomic E-state index is 13.3. The first-order valence-electron chi connectivity index (χ1n) is 12.4. The second-order valence-electron chi connectivity index (χ2n) is 9.13. The Morgan fingerprint density at radius 2 is 1.00 bits per heavy atom. The number of carbonyl (C=O) groups excluding carboxylic acids is 1. The molecular weight excluding hydrogens is 558 g/mol. The number of hydrogen-bond acceptors (Lipinski definition) is 3. The van der Waals surface area contributed by atoms with Crippen molar-refractivity contribution in [3.05, 3.63) is 161 Å². The minimum atomic E-state index is -2.59. The van der Waals surface area contributed by atoms with Gasteiger partial charge in [0, 0.05) is 11.0 Å². The molecule has 0 N–H and O–H groups in total. The van der Waals surface area contributed by atoms with E-state index in [1.807, 2.05) is 25.1 Å². The zero-order valence-corrected chi connectivity index (χ0v) is 22.0. The van der Waals surface area contributed by atoms with Crippen LogP contribution in [0.5, 0.6) is 11.5 Å².